The molecule has 1 aliphatic rings. The first kappa shape index (κ1) is 14.9. The summed E-state index contributed by atoms with van der Waals surface area (Å²) >= 11 is 0. The standard InChI is InChI=1S/C13H27NO3/c1-4-11-9-14(8-7-12(11)15)10-13(16-5-2)17-6-3/h11-13,15H,4-10H2,1-3H3. The fourth-order valence-corrected chi connectivity index (χ4v) is 2.40. The highest BCUT2D eigenvalue weighted by Gasteiger charge is 2.27. The molecule has 2 unspecified atom stereocenters. The first-order valence-corrected chi connectivity index (χ1v) is 6.84. The Morgan fingerprint density at radius 2 is 1.88 bits per heavy atom. The molecule has 17 heavy (non-hydrogen) atoms. The molecule has 1 aliphatic heterocycles. The van der Waals surface area contributed by atoms with E-state index in [1.54, 1.807) is 0 Å². The molecule has 102 valence electrons. The van der Waals surface area contributed by atoms with Crippen molar-refractivity contribution in [1.29, 1.82) is 0 Å². The van der Waals surface area contributed by atoms with Crippen molar-refractivity contribution in [3.63, 3.8) is 0 Å². The zero-order chi connectivity index (χ0) is 12.7. The lowest BCUT2D eigenvalue weighted by Gasteiger charge is -2.37. The molecule has 0 aliphatic carbocycles. The van der Waals surface area contributed by atoms with Crippen molar-refractivity contribution in [2.45, 2.75) is 46.0 Å². The van der Waals surface area contributed by atoms with Crippen LogP contribution in [-0.2, 0) is 9.47 Å². The Morgan fingerprint density at radius 1 is 1.24 bits per heavy atom. The average Bonchev–Trinajstić information content (AvgIpc) is 2.32. The van der Waals surface area contributed by atoms with E-state index in [4.69, 9.17) is 9.47 Å². The minimum Gasteiger partial charge on any atom is -0.393 e. The minimum atomic E-state index is -0.131. The van der Waals surface area contributed by atoms with Crippen molar-refractivity contribution in [2.75, 3.05) is 32.8 Å². The molecule has 1 saturated heterocycles. The number of hydrogen-bond acceptors (Lipinski definition) is 4. The predicted molar refractivity (Wildman–Crippen MR) is 67.9 cm³/mol. The van der Waals surface area contributed by atoms with Crippen molar-refractivity contribution < 1.29 is 14.6 Å². The molecule has 1 heterocycles. The Hall–Kier alpha value is -0.160. The summed E-state index contributed by atoms with van der Waals surface area (Å²) < 4.78 is 11.1. The van der Waals surface area contributed by atoms with Crippen molar-refractivity contribution in [1.82, 2.24) is 4.90 Å². The second-order valence-electron chi connectivity index (χ2n) is 4.62. The molecule has 1 N–H and O–H groups in total. The SMILES string of the molecule is CCOC(CN1CCC(O)C(CC)C1)OCC. The van der Waals surface area contributed by atoms with Crippen LogP contribution in [0.25, 0.3) is 0 Å². The Kier molecular flexibility index (Phi) is 7.04. The zero-order valence-electron chi connectivity index (χ0n) is 11.4. The molecule has 0 aromatic carbocycles. The molecule has 0 spiro atoms. The van der Waals surface area contributed by atoms with E-state index in [9.17, 15) is 5.11 Å². The highest BCUT2D eigenvalue weighted by atomic mass is 16.7. The number of likely N-dealkylation sites (tertiary alicyclic amines) is 1. The fourth-order valence-electron chi connectivity index (χ4n) is 2.40. The lowest BCUT2D eigenvalue weighted by molar-refractivity contribution is -0.152. The summed E-state index contributed by atoms with van der Waals surface area (Å²) in [6.45, 7) is 10.2. The first-order chi connectivity index (χ1) is 8.21. The molecular formula is C13H27NO3. The van der Waals surface area contributed by atoms with E-state index in [-0.39, 0.29) is 12.4 Å². The number of hydrogen-bond donors (Lipinski definition) is 1. The summed E-state index contributed by atoms with van der Waals surface area (Å²) in [5.74, 6) is 0.396. The lowest BCUT2D eigenvalue weighted by atomic mass is 9.92. The van der Waals surface area contributed by atoms with Gasteiger partial charge in [0.05, 0.1) is 6.10 Å². The number of rotatable bonds is 7. The van der Waals surface area contributed by atoms with Crippen LogP contribution in [0.15, 0.2) is 0 Å². The summed E-state index contributed by atoms with van der Waals surface area (Å²) in [5.41, 5.74) is 0. The van der Waals surface area contributed by atoms with Gasteiger partial charge in [0.15, 0.2) is 6.29 Å². The summed E-state index contributed by atoms with van der Waals surface area (Å²) in [6.07, 6.45) is 1.64. The summed E-state index contributed by atoms with van der Waals surface area (Å²) in [7, 11) is 0. The Bertz CT molecular complexity index is 195. The van der Waals surface area contributed by atoms with Crippen molar-refractivity contribution >= 4 is 0 Å². The van der Waals surface area contributed by atoms with Gasteiger partial charge in [-0.3, -0.25) is 4.90 Å². The van der Waals surface area contributed by atoms with Crippen molar-refractivity contribution in [3.05, 3.63) is 0 Å². The van der Waals surface area contributed by atoms with Gasteiger partial charge in [0.2, 0.25) is 0 Å². The second kappa shape index (κ2) is 8.03. The Morgan fingerprint density at radius 3 is 2.41 bits per heavy atom. The van der Waals surface area contributed by atoms with Crippen LogP contribution in [0.2, 0.25) is 0 Å². The monoisotopic (exact) mass is 245 g/mol. The normalized spacial score (nSPS) is 26.6. The van der Waals surface area contributed by atoms with Gasteiger partial charge in [-0.2, -0.15) is 0 Å². The van der Waals surface area contributed by atoms with E-state index in [1.807, 2.05) is 13.8 Å². The molecule has 4 nitrogen and oxygen atoms in total. The quantitative estimate of drug-likeness (QED) is 0.690. The summed E-state index contributed by atoms with van der Waals surface area (Å²) in [5, 5.41) is 9.84. The molecule has 4 heteroatoms. The van der Waals surface area contributed by atoms with Gasteiger partial charge in [-0.15, -0.1) is 0 Å². The van der Waals surface area contributed by atoms with E-state index < -0.39 is 0 Å². The number of aliphatic hydroxyl groups is 1. The maximum atomic E-state index is 9.84. The van der Waals surface area contributed by atoms with Gasteiger partial charge in [0.25, 0.3) is 0 Å². The van der Waals surface area contributed by atoms with Crippen LogP contribution in [0.1, 0.15) is 33.6 Å². The molecule has 0 aromatic heterocycles. The van der Waals surface area contributed by atoms with Gasteiger partial charge in [-0.25, -0.2) is 0 Å². The molecule has 0 amide bonds. The predicted octanol–water partition coefficient (Wildman–Crippen LogP) is 1.48. The molecule has 2 atom stereocenters. The maximum Gasteiger partial charge on any atom is 0.170 e. The van der Waals surface area contributed by atoms with Crippen molar-refractivity contribution in [2.24, 2.45) is 5.92 Å². The molecule has 0 saturated carbocycles. The van der Waals surface area contributed by atoms with Crippen LogP contribution in [0.3, 0.4) is 0 Å². The van der Waals surface area contributed by atoms with Gasteiger partial charge in [0, 0.05) is 32.8 Å². The smallest absolute Gasteiger partial charge is 0.170 e. The molecular weight excluding hydrogens is 218 g/mol. The summed E-state index contributed by atoms with van der Waals surface area (Å²) in [6, 6.07) is 0. The lowest BCUT2D eigenvalue weighted by Crippen LogP contribution is -2.46. The van der Waals surface area contributed by atoms with E-state index in [1.165, 1.54) is 0 Å². The maximum absolute atomic E-state index is 9.84. The number of ether oxygens (including phenoxy) is 2. The number of nitrogens with zero attached hydrogens (tertiary/aromatic N) is 1. The van der Waals surface area contributed by atoms with Gasteiger partial charge in [-0.05, 0) is 32.6 Å². The van der Waals surface area contributed by atoms with Gasteiger partial charge in [-0.1, -0.05) is 6.92 Å². The molecule has 1 fully saturated rings. The molecule has 0 aromatic rings. The Labute approximate surface area is 105 Å². The van der Waals surface area contributed by atoms with Gasteiger partial charge >= 0.3 is 0 Å². The molecule has 0 radical (unpaired) electrons. The van der Waals surface area contributed by atoms with Crippen molar-refractivity contribution in [3.8, 4) is 0 Å². The fraction of sp³-hybridized carbons (Fsp3) is 1.00. The molecule has 1 rings (SSSR count). The van der Waals surface area contributed by atoms with E-state index >= 15 is 0 Å². The third-order valence-electron chi connectivity index (χ3n) is 3.41. The van der Waals surface area contributed by atoms with Crippen LogP contribution in [0, 0.1) is 5.92 Å². The third-order valence-corrected chi connectivity index (χ3v) is 3.41. The first-order valence-electron chi connectivity index (χ1n) is 6.84. The van der Waals surface area contributed by atoms with Crippen LogP contribution < -0.4 is 0 Å². The average molecular weight is 245 g/mol. The van der Waals surface area contributed by atoms with E-state index in [0.717, 1.165) is 32.5 Å². The highest BCUT2D eigenvalue weighted by Crippen LogP contribution is 2.20. The van der Waals surface area contributed by atoms with E-state index in [2.05, 4.69) is 11.8 Å². The van der Waals surface area contributed by atoms with Crippen LogP contribution in [-0.4, -0.2) is 55.2 Å². The van der Waals surface area contributed by atoms with Crippen LogP contribution in [0.4, 0.5) is 0 Å². The minimum absolute atomic E-state index is 0.127. The zero-order valence-corrected chi connectivity index (χ0v) is 11.4. The summed E-state index contributed by atoms with van der Waals surface area (Å²) in [4.78, 5) is 2.34. The van der Waals surface area contributed by atoms with Crippen LogP contribution in [0.5, 0.6) is 0 Å². The number of piperidine rings is 1. The van der Waals surface area contributed by atoms with Crippen LogP contribution >= 0.6 is 0 Å². The molecule has 0 bridgehead atoms. The van der Waals surface area contributed by atoms with E-state index in [0.29, 0.717) is 19.1 Å². The topological polar surface area (TPSA) is 41.9 Å². The largest absolute Gasteiger partial charge is 0.393 e. The Balaban J connectivity index is 2.38. The highest BCUT2D eigenvalue weighted by molar-refractivity contribution is 4.79. The van der Waals surface area contributed by atoms with Gasteiger partial charge in [0.1, 0.15) is 0 Å². The van der Waals surface area contributed by atoms with Gasteiger partial charge < -0.3 is 14.6 Å². The second-order valence-corrected chi connectivity index (χ2v) is 4.62. The number of aliphatic hydroxyl groups excluding tert-OH is 1. The third kappa shape index (κ3) is 4.92.